The number of carbonyl (C=O) groups excluding carboxylic acids is 1. The summed E-state index contributed by atoms with van der Waals surface area (Å²) in [7, 11) is 4.29. The molecule has 25 heavy (non-hydrogen) atoms. The van der Waals surface area contributed by atoms with Gasteiger partial charge < -0.3 is 15.5 Å². The molecular formula is C18H32ClN5O. The Labute approximate surface area is 157 Å². The highest BCUT2D eigenvalue weighted by atomic mass is 35.5. The minimum atomic E-state index is -0.545. The van der Waals surface area contributed by atoms with Gasteiger partial charge in [-0.25, -0.2) is 0 Å². The molecule has 1 aromatic rings. The third kappa shape index (κ3) is 4.01. The van der Waals surface area contributed by atoms with Crippen LogP contribution in [0.5, 0.6) is 0 Å². The lowest BCUT2D eigenvalue weighted by molar-refractivity contribution is -0.132. The summed E-state index contributed by atoms with van der Waals surface area (Å²) in [5.41, 5.74) is -0.441. The first-order valence-electron chi connectivity index (χ1n) is 9.26. The smallest absolute Gasteiger partial charge is 0.248 e. The molecule has 0 unspecified atom stereocenters. The van der Waals surface area contributed by atoms with Crippen LogP contribution >= 0.6 is 12.4 Å². The molecule has 1 amide bonds. The van der Waals surface area contributed by atoms with Gasteiger partial charge >= 0.3 is 0 Å². The van der Waals surface area contributed by atoms with Crippen molar-refractivity contribution in [3.05, 3.63) is 18.5 Å². The van der Waals surface area contributed by atoms with E-state index in [-0.39, 0.29) is 23.9 Å². The molecule has 1 aliphatic carbocycles. The number of likely N-dealkylation sites (N-methyl/N-ethyl adjacent to an activating group) is 1. The predicted octanol–water partition coefficient (Wildman–Crippen LogP) is 1.76. The van der Waals surface area contributed by atoms with Crippen molar-refractivity contribution in [2.45, 2.75) is 56.0 Å². The topological polar surface area (TPSA) is 62.2 Å². The predicted molar refractivity (Wildman–Crippen MR) is 102 cm³/mol. The lowest BCUT2D eigenvalue weighted by Gasteiger charge is -2.44. The van der Waals surface area contributed by atoms with Gasteiger partial charge in [0.15, 0.2) is 0 Å². The molecule has 2 aliphatic rings. The van der Waals surface area contributed by atoms with E-state index in [9.17, 15) is 4.79 Å². The van der Waals surface area contributed by atoms with Gasteiger partial charge in [-0.15, -0.1) is 12.4 Å². The number of hydrogen-bond donors (Lipinski definition) is 2. The highest BCUT2D eigenvalue weighted by Crippen LogP contribution is 2.32. The van der Waals surface area contributed by atoms with Crippen LogP contribution in [0.3, 0.4) is 0 Å². The molecular weight excluding hydrogens is 338 g/mol. The quantitative estimate of drug-likeness (QED) is 0.830. The maximum atomic E-state index is 13.2. The summed E-state index contributed by atoms with van der Waals surface area (Å²) in [5.74, 6) is 0.125. The molecule has 0 radical (unpaired) electrons. The van der Waals surface area contributed by atoms with Crippen molar-refractivity contribution in [2.75, 3.05) is 33.7 Å². The molecule has 142 valence electrons. The molecule has 2 heterocycles. The van der Waals surface area contributed by atoms with E-state index in [1.165, 1.54) is 19.3 Å². The van der Waals surface area contributed by atoms with Crippen molar-refractivity contribution in [3.63, 3.8) is 0 Å². The molecule has 2 fully saturated rings. The van der Waals surface area contributed by atoms with Gasteiger partial charge in [-0.3, -0.25) is 9.48 Å². The molecule has 6 nitrogen and oxygen atoms in total. The van der Waals surface area contributed by atoms with Crippen LogP contribution in [0.15, 0.2) is 18.5 Å². The Morgan fingerprint density at radius 2 is 1.88 bits per heavy atom. The first-order chi connectivity index (χ1) is 11.6. The lowest BCUT2D eigenvalue weighted by Crippen LogP contribution is -2.59. The molecule has 0 spiro atoms. The van der Waals surface area contributed by atoms with Gasteiger partial charge in [-0.05, 0) is 58.9 Å². The van der Waals surface area contributed by atoms with E-state index in [1.807, 2.05) is 16.9 Å². The minimum Gasteiger partial charge on any atom is -0.352 e. The molecule has 1 aliphatic heterocycles. The second kappa shape index (κ2) is 8.52. The summed E-state index contributed by atoms with van der Waals surface area (Å²) in [6, 6.07) is 1.90. The van der Waals surface area contributed by atoms with E-state index in [4.69, 9.17) is 0 Å². The number of hydrogen-bond acceptors (Lipinski definition) is 4. The van der Waals surface area contributed by atoms with Gasteiger partial charge in [0.1, 0.15) is 5.54 Å². The second-order valence-electron chi connectivity index (χ2n) is 7.59. The third-order valence-electron chi connectivity index (χ3n) is 6.11. The van der Waals surface area contributed by atoms with E-state index in [2.05, 4.69) is 34.7 Å². The van der Waals surface area contributed by atoms with E-state index in [0.29, 0.717) is 0 Å². The average molecular weight is 370 g/mol. The maximum absolute atomic E-state index is 13.2. The van der Waals surface area contributed by atoms with Crippen molar-refractivity contribution in [1.29, 1.82) is 0 Å². The number of rotatable bonds is 5. The first-order valence-corrected chi connectivity index (χ1v) is 9.26. The SMILES string of the molecule is CN(C)C1(CNC(=O)C2(n3cccn3)CCNCC2)CCCCC1.Cl. The van der Waals surface area contributed by atoms with Gasteiger partial charge in [0.25, 0.3) is 0 Å². The Morgan fingerprint density at radius 3 is 2.44 bits per heavy atom. The number of amides is 1. The number of halogens is 1. The molecule has 0 atom stereocenters. The van der Waals surface area contributed by atoms with Crippen LogP contribution in [0.1, 0.15) is 44.9 Å². The van der Waals surface area contributed by atoms with E-state index < -0.39 is 5.54 Å². The maximum Gasteiger partial charge on any atom is 0.248 e. The Hall–Kier alpha value is -1.11. The minimum absolute atomic E-state index is 0. The van der Waals surface area contributed by atoms with E-state index in [0.717, 1.165) is 45.3 Å². The summed E-state index contributed by atoms with van der Waals surface area (Å²) >= 11 is 0. The molecule has 1 saturated carbocycles. The largest absolute Gasteiger partial charge is 0.352 e. The van der Waals surface area contributed by atoms with Crippen LogP contribution in [-0.4, -0.2) is 59.9 Å². The second-order valence-corrected chi connectivity index (χ2v) is 7.59. The van der Waals surface area contributed by atoms with Crippen molar-refractivity contribution >= 4 is 18.3 Å². The van der Waals surface area contributed by atoms with Crippen LogP contribution in [0.2, 0.25) is 0 Å². The summed E-state index contributed by atoms with van der Waals surface area (Å²) in [6.07, 6.45) is 11.4. The Balaban J connectivity index is 0.00000225. The van der Waals surface area contributed by atoms with Crippen molar-refractivity contribution in [3.8, 4) is 0 Å². The Kier molecular flexibility index (Phi) is 6.88. The fraction of sp³-hybridized carbons (Fsp3) is 0.778. The molecule has 0 bridgehead atoms. The van der Waals surface area contributed by atoms with Crippen LogP contribution in [0.25, 0.3) is 0 Å². The van der Waals surface area contributed by atoms with Crippen molar-refractivity contribution in [2.24, 2.45) is 0 Å². The zero-order valence-corrected chi connectivity index (χ0v) is 16.3. The summed E-state index contributed by atoms with van der Waals surface area (Å²) in [4.78, 5) is 15.5. The van der Waals surface area contributed by atoms with Crippen LogP contribution in [-0.2, 0) is 10.3 Å². The molecule has 1 saturated heterocycles. The molecule has 0 aromatic carbocycles. The van der Waals surface area contributed by atoms with Crippen molar-refractivity contribution < 1.29 is 4.79 Å². The number of nitrogens with zero attached hydrogens (tertiary/aromatic N) is 3. The third-order valence-corrected chi connectivity index (χ3v) is 6.11. The van der Waals surface area contributed by atoms with E-state index >= 15 is 0 Å². The first kappa shape index (κ1) is 20.2. The Bertz CT molecular complexity index is 534. The van der Waals surface area contributed by atoms with E-state index in [1.54, 1.807) is 6.20 Å². The van der Waals surface area contributed by atoms with Crippen molar-refractivity contribution in [1.82, 2.24) is 25.3 Å². The number of aromatic nitrogens is 2. The molecule has 7 heteroatoms. The monoisotopic (exact) mass is 369 g/mol. The highest BCUT2D eigenvalue weighted by Gasteiger charge is 2.43. The summed E-state index contributed by atoms with van der Waals surface area (Å²) < 4.78 is 1.87. The van der Waals surface area contributed by atoms with Gasteiger partial charge in [0.2, 0.25) is 5.91 Å². The fourth-order valence-electron chi connectivity index (χ4n) is 4.32. The zero-order valence-electron chi connectivity index (χ0n) is 15.5. The highest BCUT2D eigenvalue weighted by molar-refractivity contribution is 5.85. The van der Waals surface area contributed by atoms with Crippen LogP contribution in [0.4, 0.5) is 0 Å². The van der Waals surface area contributed by atoms with Crippen LogP contribution < -0.4 is 10.6 Å². The summed E-state index contributed by atoms with van der Waals surface area (Å²) in [5, 5.41) is 11.1. The number of piperidine rings is 1. The van der Waals surface area contributed by atoms with Gasteiger partial charge in [-0.1, -0.05) is 19.3 Å². The number of nitrogens with one attached hydrogen (secondary N) is 2. The molecule has 2 N–H and O–H groups in total. The average Bonchev–Trinajstić information content (AvgIpc) is 3.16. The normalized spacial score (nSPS) is 22.2. The number of carbonyl (C=O) groups is 1. The van der Waals surface area contributed by atoms with Gasteiger partial charge in [0, 0.05) is 24.5 Å². The fourth-order valence-corrected chi connectivity index (χ4v) is 4.32. The summed E-state index contributed by atoms with van der Waals surface area (Å²) in [6.45, 7) is 2.44. The van der Waals surface area contributed by atoms with Crippen LogP contribution in [0, 0.1) is 0 Å². The standard InChI is InChI=1S/C18H31N5O.ClH/c1-22(2)17(7-4-3-5-8-17)15-20-16(24)18(9-12-19-13-10-18)23-14-6-11-21-23;/h6,11,14,19H,3-5,7-10,12-13,15H2,1-2H3,(H,20,24);1H. The molecule has 1 aromatic heterocycles. The Morgan fingerprint density at radius 1 is 1.20 bits per heavy atom. The molecule has 3 rings (SSSR count). The lowest BCUT2D eigenvalue weighted by atomic mass is 9.80. The zero-order chi connectivity index (χ0) is 17.0. The van der Waals surface area contributed by atoms with Gasteiger partial charge in [-0.2, -0.15) is 5.10 Å². The van der Waals surface area contributed by atoms with Gasteiger partial charge in [0.05, 0.1) is 0 Å².